The van der Waals surface area contributed by atoms with E-state index in [-0.39, 0.29) is 11.5 Å². The highest BCUT2D eigenvalue weighted by molar-refractivity contribution is 7.20. The summed E-state index contributed by atoms with van der Waals surface area (Å²) >= 11 is 1.36. The van der Waals surface area contributed by atoms with Crippen LogP contribution >= 0.6 is 11.3 Å². The summed E-state index contributed by atoms with van der Waals surface area (Å²) in [6.07, 6.45) is 0. The van der Waals surface area contributed by atoms with E-state index < -0.39 is 5.97 Å². The highest BCUT2D eigenvalue weighted by atomic mass is 32.1. The molecule has 3 N–H and O–H groups in total. The lowest BCUT2D eigenvalue weighted by Gasteiger charge is -2.06. The fourth-order valence-corrected chi connectivity index (χ4v) is 3.42. The first-order valence-electron chi connectivity index (χ1n) is 7.34. The van der Waals surface area contributed by atoms with Crippen LogP contribution in [0.3, 0.4) is 0 Å². The molecule has 128 valence electrons. The predicted octanol–water partition coefficient (Wildman–Crippen LogP) is 2.33. The summed E-state index contributed by atoms with van der Waals surface area (Å²) in [6, 6.07) is 11.9. The molecule has 0 amide bonds. The summed E-state index contributed by atoms with van der Waals surface area (Å²) in [5.41, 5.74) is 0.401. The van der Waals surface area contributed by atoms with Gasteiger partial charge in [0.25, 0.3) is 0 Å². The van der Waals surface area contributed by atoms with Gasteiger partial charge < -0.3 is 19.7 Å². The molecular formula is C18H16NO5S+. The zero-order valence-corrected chi connectivity index (χ0v) is 14.4. The smallest absolute Gasteiger partial charge is 0.382 e. The fourth-order valence-electron chi connectivity index (χ4n) is 2.45. The number of aliphatic hydroxyl groups excluding tert-OH is 1. The molecule has 0 bridgehead atoms. The summed E-state index contributed by atoms with van der Waals surface area (Å²) in [5, 5.41) is 20.5. The number of thiophene rings is 1. The van der Waals surface area contributed by atoms with Gasteiger partial charge in [-0.1, -0.05) is 12.1 Å². The number of hydrogen-bond donors (Lipinski definition) is 3. The maximum Gasteiger partial charge on any atom is 0.382 e. The van der Waals surface area contributed by atoms with Crippen LogP contribution in [0.25, 0.3) is 10.1 Å². The number of fused-ring (bicyclic) bond motifs is 1. The second kappa shape index (κ2) is 6.82. The molecule has 0 radical (unpaired) electrons. The van der Waals surface area contributed by atoms with Gasteiger partial charge >= 0.3 is 11.9 Å². The molecule has 25 heavy (non-hydrogen) atoms. The zero-order chi connectivity index (χ0) is 18.0. The zero-order valence-electron chi connectivity index (χ0n) is 13.6. The van der Waals surface area contributed by atoms with Crippen molar-refractivity contribution in [2.75, 3.05) is 14.2 Å². The van der Waals surface area contributed by atoms with E-state index in [2.05, 4.69) is 4.99 Å². The Balaban J connectivity index is 2.05. The van der Waals surface area contributed by atoms with Crippen molar-refractivity contribution in [3.63, 3.8) is 0 Å². The fraction of sp³-hybridized carbons (Fsp3) is 0.111. The number of aromatic carboxylic acids is 1. The van der Waals surface area contributed by atoms with Gasteiger partial charge in [-0.25, -0.2) is 4.79 Å². The highest BCUT2D eigenvalue weighted by Gasteiger charge is 2.18. The van der Waals surface area contributed by atoms with Crippen molar-refractivity contribution in [2.45, 2.75) is 0 Å². The SMILES string of the molecule is COc1cc2cc(C(O)=[NH+]c3ccccc3C(=O)O)sc2cc1OC. The van der Waals surface area contributed by atoms with Crippen molar-refractivity contribution >= 4 is 39.0 Å². The van der Waals surface area contributed by atoms with E-state index in [9.17, 15) is 15.0 Å². The monoisotopic (exact) mass is 358 g/mol. The molecule has 0 saturated heterocycles. The molecular weight excluding hydrogens is 342 g/mol. The summed E-state index contributed by atoms with van der Waals surface area (Å²) in [7, 11) is 3.12. The molecule has 0 saturated carbocycles. The minimum absolute atomic E-state index is 0.0819. The lowest BCUT2D eigenvalue weighted by molar-refractivity contribution is -0.364. The first-order chi connectivity index (χ1) is 12.0. The van der Waals surface area contributed by atoms with Gasteiger partial charge in [0.1, 0.15) is 10.4 Å². The lowest BCUT2D eigenvalue weighted by atomic mass is 10.2. The number of methoxy groups -OCH3 is 2. The molecule has 0 aliphatic carbocycles. The van der Waals surface area contributed by atoms with Crippen LogP contribution in [0.4, 0.5) is 5.69 Å². The summed E-state index contributed by atoms with van der Waals surface area (Å²) in [4.78, 5) is 14.6. The van der Waals surface area contributed by atoms with Crippen LogP contribution < -0.4 is 14.5 Å². The Labute approximate surface area is 147 Å². The minimum atomic E-state index is -1.07. The molecule has 0 aliphatic heterocycles. The third-order valence-electron chi connectivity index (χ3n) is 3.67. The molecule has 1 aromatic heterocycles. The summed E-state index contributed by atoms with van der Waals surface area (Å²) in [6.45, 7) is 0. The van der Waals surface area contributed by atoms with Crippen LogP contribution in [0.1, 0.15) is 15.2 Å². The summed E-state index contributed by atoms with van der Waals surface area (Å²) < 4.78 is 11.5. The van der Waals surface area contributed by atoms with E-state index in [4.69, 9.17) is 9.47 Å². The van der Waals surface area contributed by atoms with Crippen molar-refractivity contribution < 1.29 is 29.5 Å². The van der Waals surface area contributed by atoms with Gasteiger partial charge in [-0.05, 0) is 23.6 Å². The second-order valence-electron chi connectivity index (χ2n) is 5.18. The number of carboxylic acids is 1. The standard InChI is InChI=1S/C18H15NO5S/c1-23-13-7-10-8-16(25-15(10)9-14(13)24-2)17(20)19-12-6-4-3-5-11(12)18(21)22/h3-9H,1-2H3,(H,19,20)(H,21,22)/p+1. The van der Waals surface area contributed by atoms with E-state index >= 15 is 0 Å². The van der Waals surface area contributed by atoms with Gasteiger partial charge in [-0.2, -0.15) is 4.99 Å². The molecule has 0 atom stereocenters. The number of ether oxygens (including phenoxy) is 2. The molecule has 3 aromatic rings. The average Bonchev–Trinajstić information content (AvgIpc) is 3.03. The molecule has 2 aromatic carbocycles. The van der Waals surface area contributed by atoms with Crippen molar-refractivity contribution in [2.24, 2.45) is 0 Å². The largest absolute Gasteiger partial charge is 0.493 e. The topological polar surface area (TPSA) is 90.0 Å². The van der Waals surface area contributed by atoms with Crippen LogP contribution in [0.5, 0.6) is 11.5 Å². The maximum absolute atomic E-state index is 11.3. The lowest BCUT2D eigenvalue weighted by Crippen LogP contribution is -2.67. The van der Waals surface area contributed by atoms with Gasteiger partial charge in [0.15, 0.2) is 11.5 Å². The molecule has 0 spiro atoms. The Bertz CT molecular complexity index is 936. The van der Waals surface area contributed by atoms with E-state index in [1.807, 2.05) is 12.1 Å². The highest BCUT2D eigenvalue weighted by Crippen LogP contribution is 2.36. The Morgan fingerprint density at radius 2 is 1.72 bits per heavy atom. The van der Waals surface area contributed by atoms with Crippen LogP contribution in [0.15, 0.2) is 42.5 Å². The van der Waals surface area contributed by atoms with Crippen molar-refractivity contribution in [3.8, 4) is 11.5 Å². The van der Waals surface area contributed by atoms with Gasteiger partial charge in [0.05, 0.1) is 14.2 Å². The number of carbonyl (C=O) groups is 1. The number of aliphatic hydroxyl groups is 1. The van der Waals surface area contributed by atoms with Crippen LogP contribution in [0, 0.1) is 0 Å². The Hall–Kier alpha value is -3.06. The Kier molecular flexibility index (Phi) is 4.58. The Morgan fingerprint density at radius 3 is 2.40 bits per heavy atom. The van der Waals surface area contributed by atoms with Gasteiger partial charge in [0.2, 0.25) is 5.69 Å². The van der Waals surface area contributed by atoms with Gasteiger partial charge in [-0.3, -0.25) is 0 Å². The van der Waals surface area contributed by atoms with E-state index in [1.165, 1.54) is 17.4 Å². The molecule has 6 nitrogen and oxygen atoms in total. The quantitative estimate of drug-likeness (QED) is 0.481. The number of carboxylic acid groups (broad SMARTS) is 1. The van der Waals surface area contributed by atoms with E-state index in [0.717, 1.165) is 10.1 Å². The molecule has 0 unspecified atom stereocenters. The predicted molar refractivity (Wildman–Crippen MR) is 95.7 cm³/mol. The van der Waals surface area contributed by atoms with Crippen LogP contribution in [-0.4, -0.2) is 36.3 Å². The molecule has 3 rings (SSSR count). The van der Waals surface area contributed by atoms with Crippen LogP contribution in [0.2, 0.25) is 0 Å². The second-order valence-corrected chi connectivity index (χ2v) is 6.26. The molecule has 7 heteroatoms. The average molecular weight is 358 g/mol. The summed E-state index contributed by atoms with van der Waals surface area (Å²) in [5.74, 6) is 0.0182. The third-order valence-corrected chi connectivity index (χ3v) is 4.77. The number of hydrogen-bond acceptors (Lipinski definition) is 4. The number of benzene rings is 2. The third kappa shape index (κ3) is 3.27. The normalized spacial score (nSPS) is 11.5. The number of nitrogens with one attached hydrogen (secondary N) is 1. The van der Waals surface area contributed by atoms with Crippen LogP contribution in [-0.2, 0) is 0 Å². The molecule has 0 aliphatic rings. The van der Waals surface area contributed by atoms with Crippen molar-refractivity contribution in [3.05, 3.63) is 52.9 Å². The van der Waals surface area contributed by atoms with E-state index in [0.29, 0.717) is 22.1 Å². The van der Waals surface area contributed by atoms with Gasteiger partial charge in [0, 0.05) is 16.8 Å². The molecule has 0 fully saturated rings. The van der Waals surface area contributed by atoms with Crippen molar-refractivity contribution in [1.29, 1.82) is 0 Å². The van der Waals surface area contributed by atoms with Crippen molar-refractivity contribution in [1.82, 2.24) is 0 Å². The molecule has 1 heterocycles. The van der Waals surface area contributed by atoms with Gasteiger partial charge in [-0.15, -0.1) is 11.3 Å². The maximum atomic E-state index is 11.3. The first-order valence-corrected chi connectivity index (χ1v) is 8.16. The first kappa shape index (κ1) is 16.8. The number of para-hydroxylation sites is 1. The van der Waals surface area contributed by atoms with E-state index in [1.54, 1.807) is 38.5 Å². The minimum Gasteiger partial charge on any atom is -0.493 e. The number of rotatable bonds is 5. The Morgan fingerprint density at radius 1 is 1.04 bits per heavy atom.